The Morgan fingerprint density at radius 1 is 0.781 bits per heavy atom. The zero-order valence-electron chi connectivity index (χ0n) is 18.7. The van der Waals surface area contributed by atoms with Crippen LogP contribution in [0.2, 0.25) is 0 Å². The number of hydrogen-bond donors (Lipinski definition) is 0. The van der Waals surface area contributed by atoms with Crippen molar-refractivity contribution >= 4 is 26.5 Å². The largest absolute Gasteiger partial charge is 0.493 e. The van der Waals surface area contributed by atoms with E-state index in [1.807, 2.05) is 62.4 Å². The number of benzene rings is 3. The van der Waals surface area contributed by atoms with Gasteiger partial charge in [-0.25, -0.2) is 8.42 Å². The number of hydrogen-bond acceptors (Lipinski definition) is 5. The van der Waals surface area contributed by atoms with Crippen molar-refractivity contribution in [3.05, 3.63) is 60.7 Å². The summed E-state index contributed by atoms with van der Waals surface area (Å²) in [5, 5.41) is 1.52. The molecular weight excluding hydrogens is 424 g/mol. The number of ether oxygens (including phenoxy) is 2. The van der Waals surface area contributed by atoms with Gasteiger partial charge in [0.2, 0.25) is 10.0 Å². The number of rotatable bonds is 8. The predicted molar refractivity (Wildman–Crippen MR) is 128 cm³/mol. The molecule has 0 amide bonds. The Bertz CT molecular complexity index is 1170. The highest BCUT2D eigenvalue weighted by molar-refractivity contribution is 7.89. The lowest BCUT2D eigenvalue weighted by Crippen LogP contribution is -2.48. The van der Waals surface area contributed by atoms with Gasteiger partial charge in [0.1, 0.15) is 11.5 Å². The van der Waals surface area contributed by atoms with Crippen LogP contribution in [0.15, 0.2) is 65.6 Å². The summed E-state index contributed by atoms with van der Waals surface area (Å²) in [6, 6.07) is 18.9. The van der Waals surface area contributed by atoms with E-state index >= 15 is 0 Å². The van der Waals surface area contributed by atoms with Gasteiger partial charge in [-0.15, -0.1) is 0 Å². The third-order valence-corrected chi connectivity index (χ3v) is 7.62. The van der Waals surface area contributed by atoms with Crippen molar-refractivity contribution in [2.45, 2.75) is 25.2 Å². The molecule has 170 valence electrons. The Morgan fingerprint density at radius 2 is 1.47 bits per heavy atom. The molecule has 1 aliphatic heterocycles. The van der Waals surface area contributed by atoms with Crippen LogP contribution < -0.4 is 14.4 Å². The van der Waals surface area contributed by atoms with E-state index in [9.17, 15) is 8.42 Å². The molecule has 0 N–H and O–H groups in total. The molecule has 0 aliphatic carbocycles. The second-order valence-electron chi connectivity index (χ2n) is 7.75. The molecule has 1 aliphatic rings. The van der Waals surface area contributed by atoms with Gasteiger partial charge in [0.05, 0.1) is 23.8 Å². The molecular formula is C25H30N2O4S. The molecule has 0 atom stereocenters. The minimum Gasteiger partial charge on any atom is -0.493 e. The number of piperazine rings is 1. The zero-order valence-corrected chi connectivity index (χ0v) is 19.5. The van der Waals surface area contributed by atoms with Crippen molar-refractivity contribution in [2.24, 2.45) is 0 Å². The molecule has 6 nitrogen and oxygen atoms in total. The van der Waals surface area contributed by atoms with E-state index in [0.717, 1.165) is 29.0 Å². The van der Waals surface area contributed by atoms with Crippen LogP contribution in [0.1, 0.15) is 20.3 Å². The number of anilines is 1. The van der Waals surface area contributed by atoms with Crippen LogP contribution in [0.3, 0.4) is 0 Å². The number of para-hydroxylation sites is 2. The minimum absolute atomic E-state index is 0.333. The fourth-order valence-electron chi connectivity index (χ4n) is 4.11. The quantitative estimate of drug-likeness (QED) is 0.500. The summed E-state index contributed by atoms with van der Waals surface area (Å²) in [5.41, 5.74) is 1.01. The number of fused-ring (bicyclic) bond motifs is 1. The van der Waals surface area contributed by atoms with E-state index < -0.39 is 10.0 Å². The summed E-state index contributed by atoms with van der Waals surface area (Å²) in [7, 11) is -3.63. The first-order valence-corrected chi connectivity index (χ1v) is 12.6. The maximum Gasteiger partial charge on any atom is 0.243 e. The van der Waals surface area contributed by atoms with Crippen LogP contribution in [0.25, 0.3) is 10.8 Å². The van der Waals surface area contributed by atoms with Crippen LogP contribution >= 0.6 is 0 Å². The molecule has 1 fully saturated rings. The molecule has 0 spiro atoms. The highest BCUT2D eigenvalue weighted by Gasteiger charge is 2.31. The molecule has 0 aromatic heterocycles. The summed E-state index contributed by atoms with van der Waals surface area (Å²) in [5.74, 6) is 1.55. The van der Waals surface area contributed by atoms with Crippen LogP contribution in [0, 0.1) is 0 Å². The lowest BCUT2D eigenvalue weighted by atomic mass is 10.1. The Balaban J connectivity index is 1.58. The van der Waals surface area contributed by atoms with Crippen molar-refractivity contribution in [1.29, 1.82) is 0 Å². The van der Waals surface area contributed by atoms with Crippen LogP contribution in [0.4, 0.5) is 5.69 Å². The summed E-state index contributed by atoms with van der Waals surface area (Å²) < 4.78 is 40.4. The van der Waals surface area contributed by atoms with E-state index in [-0.39, 0.29) is 0 Å². The molecule has 3 aromatic carbocycles. The van der Waals surface area contributed by atoms with Gasteiger partial charge < -0.3 is 14.4 Å². The average molecular weight is 455 g/mol. The van der Waals surface area contributed by atoms with E-state index in [1.54, 1.807) is 16.4 Å². The zero-order chi connectivity index (χ0) is 22.6. The Labute approximate surface area is 190 Å². The van der Waals surface area contributed by atoms with Gasteiger partial charge in [-0.3, -0.25) is 0 Å². The summed E-state index contributed by atoms with van der Waals surface area (Å²) in [6.07, 6.45) is 0.894. The van der Waals surface area contributed by atoms with Crippen LogP contribution in [0.5, 0.6) is 11.5 Å². The van der Waals surface area contributed by atoms with Crippen LogP contribution in [-0.4, -0.2) is 52.1 Å². The molecule has 7 heteroatoms. The molecule has 1 heterocycles. The minimum atomic E-state index is -3.63. The first kappa shape index (κ1) is 22.4. The molecule has 3 aromatic rings. The van der Waals surface area contributed by atoms with Gasteiger partial charge in [0.15, 0.2) is 0 Å². The summed E-state index contributed by atoms with van der Waals surface area (Å²) in [4.78, 5) is 2.52. The highest BCUT2D eigenvalue weighted by Crippen LogP contribution is 2.34. The topological polar surface area (TPSA) is 59.1 Å². The van der Waals surface area contributed by atoms with Crippen LogP contribution in [-0.2, 0) is 10.0 Å². The second kappa shape index (κ2) is 9.79. The van der Waals surface area contributed by atoms with E-state index in [1.165, 1.54) is 0 Å². The van der Waals surface area contributed by atoms with Crippen molar-refractivity contribution in [3.8, 4) is 11.5 Å². The molecule has 0 unspecified atom stereocenters. The van der Waals surface area contributed by atoms with Gasteiger partial charge in [-0.2, -0.15) is 4.31 Å². The normalized spacial score (nSPS) is 15.1. The smallest absolute Gasteiger partial charge is 0.243 e. The third kappa shape index (κ3) is 4.40. The van der Waals surface area contributed by atoms with E-state index in [2.05, 4.69) is 4.90 Å². The average Bonchev–Trinajstić information content (AvgIpc) is 2.83. The summed E-state index contributed by atoms with van der Waals surface area (Å²) in [6.45, 7) is 7.27. The predicted octanol–water partition coefficient (Wildman–Crippen LogP) is 4.54. The second-order valence-corrected chi connectivity index (χ2v) is 9.65. The monoisotopic (exact) mass is 454 g/mol. The molecule has 1 saturated heterocycles. The number of nitrogens with zero attached hydrogens (tertiary/aromatic N) is 2. The van der Waals surface area contributed by atoms with Gasteiger partial charge >= 0.3 is 0 Å². The van der Waals surface area contributed by atoms with E-state index in [4.69, 9.17) is 9.47 Å². The number of sulfonamides is 1. The third-order valence-electron chi connectivity index (χ3n) is 5.67. The first-order valence-electron chi connectivity index (χ1n) is 11.2. The highest BCUT2D eigenvalue weighted by atomic mass is 32.2. The maximum atomic E-state index is 13.6. The van der Waals surface area contributed by atoms with E-state index in [0.29, 0.717) is 49.7 Å². The van der Waals surface area contributed by atoms with Gasteiger partial charge in [-0.05, 0) is 37.6 Å². The van der Waals surface area contributed by atoms with Crippen molar-refractivity contribution in [3.63, 3.8) is 0 Å². The maximum absolute atomic E-state index is 13.6. The van der Waals surface area contributed by atoms with Crippen molar-refractivity contribution in [2.75, 3.05) is 44.3 Å². The molecule has 32 heavy (non-hydrogen) atoms. The molecule has 4 rings (SSSR count). The molecule has 0 radical (unpaired) electrons. The van der Waals surface area contributed by atoms with Crippen molar-refractivity contribution < 1.29 is 17.9 Å². The fraction of sp³-hybridized carbons (Fsp3) is 0.360. The van der Waals surface area contributed by atoms with Gasteiger partial charge in [-0.1, -0.05) is 43.3 Å². The first-order chi connectivity index (χ1) is 15.6. The standard InChI is InChI=1S/C25H30N2O4S/c1-3-19-31-23-13-14-25(21-10-6-5-9-20(21)23)32(28,29)27-17-15-26(16-18-27)22-11-7-8-12-24(22)30-4-2/h5-14H,3-4,15-19H2,1-2H3. The molecule has 0 saturated carbocycles. The summed E-state index contributed by atoms with van der Waals surface area (Å²) >= 11 is 0. The van der Waals surface area contributed by atoms with Gasteiger partial charge in [0.25, 0.3) is 0 Å². The Kier molecular flexibility index (Phi) is 6.86. The van der Waals surface area contributed by atoms with Gasteiger partial charge in [0, 0.05) is 37.0 Å². The Hall–Kier alpha value is -2.77. The lowest BCUT2D eigenvalue weighted by Gasteiger charge is -2.36. The Morgan fingerprint density at radius 3 is 2.19 bits per heavy atom. The van der Waals surface area contributed by atoms with Crippen molar-refractivity contribution in [1.82, 2.24) is 4.31 Å². The SMILES string of the molecule is CCCOc1ccc(S(=O)(=O)N2CCN(c3ccccc3OCC)CC2)c2ccccc12. The lowest BCUT2D eigenvalue weighted by molar-refractivity contribution is 0.321. The fourth-order valence-corrected chi connectivity index (χ4v) is 5.73. The molecule has 0 bridgehead atoms.